The second-order valence-corrected chi connectivity index (χ2v) is 6.69. The smallest absolute Gasteiger partial charge is 0.184 e. The maximum absolute atomic E-state index is 6.21. The van der Waals surface area contributed by atoms with Crippen molar-refractivity contribution < 1.29 is 14.2 Å². The number of ether oxygens (including phenoxy) is 3. The number of aromatic nitrogens is 1. The molecule has 0 unspecified atom stereocenters. The quantitative estimate of drug-likeness (QED) is 0.896. The van der Waals surface area contributed by atoms with Crippen molar-refractivity contribution in [2.24, 2.45) is 5.73 Å². The molecule has 0 amide bonds. The molecule has 0 spiro atoms. The molecular weight excluding hydrogens is 302 g/mol. The highest BCUT2D eigenvalue weighted by Crippen LogP contribution is 2.36. The van der Waals surface area contributed by atoms with Crippen LogP contribution in [0.3, 0.4) is 0 Å². The maximum atomic E-state index is 6.21. The highest BCUT2D eigenvalue weighted by atomic mass is 32.1. The van der Waals surface area contributed by atoms with Gasteiger partial charge in [0, 0.05) is 31.6 Å². The number of hydrogen-bond donors (Lipinski definition) is 2. The van der Waals surface area contributed by atoms with E-state index in [-0.39, 0.29) is 18.4 Å². The molecule has 0 bridgehead atoms. The van der Waals surface area contributed by atoms with Crippen LogP contribution < -0.4 is 15.8 Å². The molecule has 3 N–H and O–H groups in total. The van der Waals surface area contributed by atoms with Gasteiger partial charge in [0.2, 0.25) is 0 Å². The summed E-state index contributed by atoms with van der Waals surface area (Å²) in [6.07, 6.45) is 1.41. The summed E-state index contributed by atoms with van der Waals surface area (Å²) in [7, 11) is 1.64. The number of nitrogens with one attached hydrogen (secondary N) is 1. The highest BCUT2D eigenvalue weighted by molar-refractivity contribution is 7.22. The molecule has 7 heteroatoms. The second kappa shape index (κ2) is 5.66. The average molecular weight is 321 g/mol. The van der Waals surface area contributed by atoms with Gasteiger partial charge < -0.3 is 25.3 Å². The van der Waals surface area contributed by atoms with Crippen LogP contribution >= 0.6 is 11.3 Å². The average Bonchev–Trinajstić information content (AvgIpc) is 3.14. The first-order chi connectivity index (χ1) is 10.7. The van der Waals surface area contributed by atoms with Gasteiger partial charge in [-0.3, -0.25) is 0 Å². The van der Waals surface area contributed by atoms with E-state index < -0.39 is 0 Å². The molecule has 4 rings (SSSR count). The van der Waals surface area contributed by atoms with Crippen LogP contribution in [0.2, 0.25) is 0 Å². The molecule has 1 aromatic heterocycles. The molecule has 6 nitrogen and oxygen atoms in total. The lowest BCUT2D eigenvalue weighted by molar-refractivity contribution is -0.152. The Kier molecular flexibility index (Phi) is 3.65. The number of rotatable bonds is 3. The Bertz CT molecular complexity index is 690. The molecule has 22 heavy (non-hydrogen) atoms. The van der Waals surface area contributed by atoms with Crippen LogP contribution in [0.5, 0.6) is 5.75 Å². The number of nitrogens with zero attached hydrogens (tertiary/aromatic N) is 1. The Labute approximate surface area is 132 Å². The minimum atomic E-state index is -0.205. The zero-order chi connectivity index (χ0) is 15.1. The van der Waals surface area contributed by atoms with Gasteiger partial charge >= 0.3 is 0 Å². The summed E-state index contributed by atoms with van der Waals surface area (Å²) in [6, 6.07) is 4.14. The van der Waals surface area contributed by atoms with Gasteiger partial charge in [-0.25, -0.2) is 4.98 Å². The summed E-state index contributed by atoms with van der Waals surface area (Å²) in [5.74, 6) is 0.963. The number of nitrogens with two attached hydrogens (primary N) is 1. The van der Waals surface area contributed by atoms with Gasteiger partial charge in [0.05, 0.1) is 29.5 Å². The lowest BCUT2D eigenvalue weighted by atomic mass is 10.0. The minimum Gasteiger partial charge on any atom is -0.493 e. The SMILES string of the molecule is CO[C@H]1C[C@@H](N)[C@@H](Nc2nc3c4c(ccc3s2)OCC4)CO1. The monoisotopic (exact) mass is 321 g/mol. The second-order valence-electron chi connectivity index (χ2n) is 5.66. The van der Waals surface area contributed by atoms with Crippen LogP contribution in [0.15, 0.2) is 12.1 Å². The fourth-order valence-corrected chi connectivity index (χ4v) is 3.95. The fourth-order valence-electron chi connectivity index (χ4n) is 2.99. The summed E-state index contributed by atoms with van der Waals surface area (Å²) in [6.45, 7) is 1.27. The molecule has 3 atom stereocenters. The van der Waals surface area contributed by atoms with Crippen LogP contribution in [0, 0.1) is 0 Å². The standard InChI is InChI=1S/C15H19N3O3S/c1-19-13-6-9(16)10(7-21-13)17-15-18-14-8-4-5-20-11(8)2-3-12(14)22-15/h2-3,9-10,13H,4-7,16H2,1H3,(H,17,18)/t9-,10+,13-/m1/s1. The van der Waals surface area contributed by atoms with Gasteiger partial charge in [-0.15, -0.1) is 0 Å². The molecule has 0 radical (unpaired) electrons. The van der Waals surface area contributed by atoms with Gasteiger partial charge in [-0.2, -0.15) is 0 Å². The van der Waals surface area contributed by atoms with E-state index in [0.29, 0.717) is 13.0 Å². The van der Waals surface area contributed by atoms with Crippen molar-refractivity contribution in [3.05, 3.63) is 17.7 Å². The summed E-state index contributed by atoms with van der Waals surface area (Å²) in [4.78, 5) is 4.74. The molecule has 2 aromatic rings. The Morgan fingerprint density at radius 1 is 1.45 bits per heavy atom. The third-order valence-corrected chi connectivity index (χ3v) is 5.20. The number of fused-ring (bicyclic) bond motifs is 3. The third-order valence-electron chi connectivity index (χ3n) is 4.25. The molecule has 1 saturated heterocycles. The maximum Gasteiger partial charge on any atom is 0.184 e. The number of hydrogen-bond acceptors (Lipinski definition) is 7. The topological polar surface area (TPSA) is 78.6 Å². The van der Waals surface area contributed by atoms with E-state index in [0.717, 1.165) is 29.4 Å². The Balaban J connectivity index is 1.55. The molecule has 0 saturated carbocycles. The van der Waals surface area contributed by atoms with Crippen molar-refractivity contribution in [1.82, 2.24) is 4.98 Å². The first kappa shape index (κ1) is 14.2. The zero-order valence-electron chi connectivity index (χ0n) is 12.4. The van der Waals surface area contributed by atoms with Crippen molar-refractivity contribution in [2.75, 3.05) is 25.6 Å². The zero-order valence-corrected chi connectivity index (χ0v) is 13.2. The Morgan fingerprint density at radius 2 is 2.36 bits per heavy atom. The lowest BCUT2D eigenvalue weighted by Gasteiger charge is -2.33. The number of benzene rings is 1. The highest BCUT2D eigenvalue weighted by Gasteiger charge is 2.29. The molecule has 2 aliphatic heterocycles. The van der Waals surface area contributed by atoms with E-state index in [1.54, 1.807) is 18.4 Å². The number of methoxy groups -OCH3 is 1. The van der Waals surface area contributed by atoms with Crippen molar-refractivity contribution in [3.63, 3.8) is 0 Å². The van der Waals surface area contributed by atoms with E-state index >= 15 is 0 Å². The fraction of sp³-hybridized carbons (Fsp3) is 0.533. The van der Waals surface area contributed by atoms with E-state index in [2.05, 4.69) is 11.4 Å². The summed E-state index contributed by atoms with van der Waals surface area (Å²) in [5, 5.41) is 4.30. The van der Waals surface area contributed by atoms with Crippen molar-refractivity contribution in [1.29, 1.82) is 0 Å². The largest absolute Gasteiger partial charge is 0.493 e. The van der Waals surface area contributed by atoms with E-state index in [9.17, 15) is 0 Å². The van der Waals surface area contributed by atoms with Crippen molar-refractivity contribution in [3.8, 4) is 5.75 Å². The third kappa shape index (κ3) is 2.44. The van der Waals surface area contributed by atoms with E-state index in [4.69, 9.17) is 24.9 Å². The van der Waals surface area contributed by atoms with E-state index in [1.807, 2.05) is 6.07 Å². The van der Waals surface area contributed by atoms with Crippen LogP contribution in [0.1, 0.15) is 12.0 Å². The number of thiazole rings is 1. The van der Waals surface area contributed by atoms with Gasteiger partial charge in [0.15, 0.2) is 11.4 Å². The van der Waals surface area contributed by atoms with Crippen molar-refractivity contribution in [2.45, 2.75) is 31.2 Å². The summed E-state index contributed by atoms with van der Waals surface area (Å²) >= 11 is 1.65. The number of anilines is 1. The molecule has 1 aromatic carbocycles. The van der Waals surface area contributed by atoms with Crippen LogP contribution in [-0.4, -0.2) is 43.7 Å². The molecule has 1 fully saturated rings. The lowest BCUT2D eigenvalue weighted by Crippen LogP contribution is -2.50. The van der Waals surface area contributed by atoms with Crippen LogP contribution in [-0.2, 0) is 15.9 Å². The molecule has 3 heterocycles. The predicted molar refractivity (Wildman–Crippen MR) is 85.6 cm³/mol. The predicted octanol–water partition coefficient (Wildman–Crippen LogP) is 1.73. The van der Waals surface area contributed by atoms with Crippen LogP contribution in [0.4, 0.5) is 5.13 Å². The van der Waals surface area contributed by atoms with Crippen molar-refractivity contribution >= 4 is 26.7 Å². The first-order valence-corrected chi connectivity index (χ1v) is 8.28. The Morgan fingerprint density at radius 3 is 3.18 bits per heavy atom. The van der Waals surface area contributed by atoms with Gasteiger partial charge in [0.25, 0.3) is 0 Å². The summed E-state index contributed by atoms with van der Waals surface area (Å²) < 4.78 is 17.6. The minimum absolute atomic E-state index is 0.0141. The Hall–Kier alpha value is -1.41. The molecule has 0 aliphatic carbocycles. The first-order valence-electron chi connectivity index (χ1n) is 7.46. The van der Waals surface area contributed by atoms with Gasteiger partial charge in [0.1, 0.15) is 5.75 Å². The van der Waals surface area contributed by atoms with E-state index in [1.165, 1.54) is 10.3 Å². The normalized spacial score (nSPS) is 27.6. The van der Waals surface area contributed by atoms with Crippen LogP contribution in [0.25, 0.3) is 10.2 Å². The van der Waals surface area contributed by atoms with Gasteiger partial charge in [-0.1, -0.05) is 11.3 Å². The molecule has 118 valence electrons. The molecule has 2 aliphatic rings. The molecular formula is C15H19N3O3S. The summed E-state index contributed by atoms with van der Waals surface area (Å²) in [5.41, 5.74) is 8.47. The van der Waals surface area contributed by atoms with Gasteiger partial charge in [-0.05, 0) is 12.1 Å².